The zero-order valence-corrected chi connectivity index (χ0v) is 12.3. The third kappa shape index (κ3) is 9.12. The van der Waals surface area contributed by atoms with Crippen molar-refractivity contribution in [1.82, 2.24) is 0 Å². The van der Waals surface area contributed by atoms with E-state index in [2.05, 4.69) is 6.07 Å². The van der Waals surface area contributed by atoms with Crippen molar-refractivity contribution in [2.24, 2.45) is 0 Å². The second-order valence-electron chi connectivity index (χ2n) is 5.40. The molecule has 0 saturated carbocycles. The Morgan fingerprint density at radius 2 is 1.52 bits per heavy atom. The Labute approximate surface area is 124 Å². The topological polar surface area (TPSA) is 23.8 Å². The third-order valence-electron chi connectivity index (χ3n) is 3.48. The van der Waals surface area contributed by atoms with Crippen LogP contribution < -0.4 is 0 Å². The van der Waals surface area contributed by atoms with Gasteiger partial charge in [0.25, 0.3) is 0 Å². The van der Waals surface area contributed by atoms with Crippen molar-refractivity contribution < 1.29 is 13.2 Å². The molecule has 1 aromatic carbocycles. The third-order valence-corrected chi connectivity index (χ3v) is 3.48. The molecule has 116 valence electrons. The first-order chi connectivity index (χ1) is 10.0. The first-order valence-electron chi connectivity index (χ1n) is 7.57. The molecule has 0 saturated heterocycles. The molecule has 1 nitrogen and oxygen atoms in total. The Morgan fingerprint density at radius 1 is 0.905 bits per heavy atom. The maximum absolute atomic E-state index is 11.9. The van der Waals surface area contributed by atoms with E-state index < -0.39 is 12.6 Å². The van der Waals surface area contributed by atoms with Gasteiger partial charge in [-0.1, -0.05) is 44.2 Å². The van der Waals surface area contributed by atoms with E-state index in [1.165, 1.54) is 5.56 Å². The molecule has 0 heterocycles. The molecule has 1 rings (SSSR count). The van der Waals surface area contributed by atoms with E-state index in [1.54, 1.807) is 6.07 Å². The van der Waals surface area contributed by atoms with Gasteiger partial charge in [0.05, 0.1) is 11.6 Å². The normalized spacial score (nSPS) is 11.3. The van der Waals surface area contributed by atoms with Gasteiger partial charge in [-0.15, -0.1) is 0 Å². The summed E-state index contributed by atoms with van der Waals surface area (Å²) in [6, 6.07) is 9.76. The van der Waals surface area contributed by atoms with Gasteiger partial charge in [-0.05, 0) is 37.0 Å². The van der Waals surface area contributed by atoms with Crippen molar-refractivity contribution in [3.8, 4) is 6.07 Å². The number of nitrogens with zero attached hydrogens (tertiary/aromatic N) is 1. The summed E-state index contributed by atoms with van der Waals surface area (Å²) in [7, 11) is 0. The molecule has 0 aliphatic heterocycles. The van der Waals surface area contributed by atoms with Crippen molar-refractivity contribution in [1.29, 1.82) is 5.26 Å². The monoisotopic (exact) mass is 297 g/mol. The highest BCUT2D eigenvalue weighted by atomic mass is 19.4. The number of nitriles is 1. The van der Waals surface area contributed by atoms with Crippen LogP contribution >= 0.6 is 0 Å². The summed E-state index contributed by atoms with van der Waals surface area (Å²) in [5.74, 6) is 0. The molecule has 0 aromatic heterocycles. The molecule has 0 amide bonds. The second-order valence-corrected chi connectivity index (χ2v) is 5.40. The summed E-state index contributed by atoms with van der Waals surface area (Å²) >= 11 is 0. The molecular weight excluding hydrogens is 275 g/mol. The maximum Gasteiger partial charge on any atom is 0.389 e. The minimum absolute atomic E-state index is 0.254. The Morgan fingerprint density at radius 3 is 2.14 bits per heavy atom. The van der Waals surface area contributed by atoms with Crippen LogP contribution in [0.3, 0.4) is 0 Å². The van der Waals surface area contributed by atoms with E-state index >= 15 is 0 Å². The smallest absolute Gasteiger partial charge is 0.192 e. The first kappa shape index (κ1) is 17.6. The molecule has 0 radical (unpaired) electrons. The minimum Gasteiger partial charge on any atom is -0.192 e. The van der Waals surface area contributed by atoms with Crippen molar-refractivity contribution in [3.63, 3.8) is 0 Å². The standard InChI is InChI=1S/C17H22F3N/c18-17(19,20)12-7-5-3-1-2-4-6-9-15-10-8-11-16(13-15)14-21/h8,10-11,13H,1-7,9,12H2. The quantitative estimate of drug-likeness (QED) is 0.530. The molecule has 0 unspecified atom stereocenters. The predicted octanol–water partition coefficient (Wildman–Crippen LogP) is 5.78. The molecule has 4 heteroatoms. The van der Waals surface area contributed by atoms with Gasteiger partial charge >= 0.3 is 6.18 Å². The van der Waals surface area contributed by atoms with Gasteiger partial charge in [0.1, 0.15) is 0 Å². The summed E-state index contributed by atoms with van der Waals surface area (Å²) in [6.07, 6.45) is 2.37. The summed E-state index contributed by atoms with van der Waals surface area (Å²) in [5.41, 5.74) is 1.87. The van der Waals surface area contributed by atoms with Gasteiger partial charge in [-0.25, -0.2) is 0 Å². The Bertz CT molecular complexity index is 446. The maximum atomic E-state index is 11.9. The Hall–Kier alpha value is -1.50. The van der Waals surface area contributed by atoms with Crippen LogP contribution in [0.25, 0.3) is 0 Å². The lowest BCUT2D eigenvalue weighted by molar-refractivity contribution is -0.135. The van der Waals surface area contributed by atoms with Crippen LogP contribution in [0.5, 0.6) is 0 Å². The number of alkyl halides is 3. The number of unbranched alkanes of at least 4 members (excludes halogenated alkanes) is 6. The molecule has 0 aliphatic rings. The van der Waals surface area contributed by atoms with Gasteiger partial charge < -0.3 is 0 Å². The highest BCUT2D eigenvalue weighted by molar-refractivity contribution is 5.32. The number of halogens is 3. The Balaban J connectivity index is 1.99. The van der Waals surface area contributed by atoms with Gasteiger partial charge in [0.2, 0.25) is 0 Å². The van der Waals surface area contributed by atoms with Gasteiger partial charge in [-0.3, -0.25) is 0 Å². The van der Waals surface area contributed by atoms with E-state index in [1.807, 2.05) is 18.2 Å². The zero-order chi connectivity index (χ0) is 15.6. The van der Waals surface area contributed by atoms with Gasteiger partial charge in [0, 0.05) is 6.42 Å². The average Bonchev–Trinajstić information content (AvgIpc) is 2.44. The number of rotatable bonds is 9. The fourth-order valence-electron chi connectivity index (χ4n) is 2.33. The summed E-state index contributed by atoms with van der Waals surface area (Å²) in [6.45, 7) is 0. The fraction of sp³-hybridized carbons (Fsp3) is 0.588. The first-order valence-corrected chi connectivity index (χ1v) is 7.57. The number of benzene rings is 1. The van der Waals surface area contributed by atoms with Gasteiger partial charge in [0.15, 0.2) is 0 Å². The highest BCUT2D eigenvalue weighted by Gasteiger charge is 2.25. The number of aryl methyl sites for hydroxylation is 1. The average molecular weight is 297 g/mol. The molecule has 0 N–H and O–H groups in total. The number of hydrogen-bond donors (Lipinski definition) is 0. The minimum atomic E-state index is -4.00. The number of hydrogen-bond acceptors (Lipinski definition) is 1. The van der Waals surface area contributed by atoms with Crippen molar-refractivity contribution in [2.75, 3.05) is 0 Å². The summed E-state index contributed by atoms with van der Waals surface area (Å²) < 4.78 is 35.8. The molecule has 0 fully saturated rings. The van der Waals surface area contributed by atoms with E-state index in [0.717, 1.165) is 38.5 Å². The van der Waals surface area contributed by atoms with Crippen LogP contribution in [-0.4, -0.2) is 6.18 Å². The molecule has 0 aliphatic carbocycles. The van der Waals surface area contributed by atoms with Crippen molar-refractivity contribution >= 4 is 0 Å². The van der Waals surface area contributed by atoms with Crippen LogP contribution in [0.1, 0.15) is 62.5 Å². The van der Waals surface area contributed by atoms with E-state index in [9.17, 15) is 13.2 Å². The molecule has 21 heavy (non-hydrogen) atoms. The molecule has 0 spiro atoms. The molecule has 1 aromatic rings. The lowest BCUT2D eigenvalue weighted by Gasteiger charge is -2.05. The van der Waals surface area contributed by atoms with E-state index in [-0.39, 0.29) is 6.42 Å². The largest absolute Gasteiger partial charge is 0.389 e. The lowest BCUT2D eigenvalue weighted by atomic mass is 10.0. The van der Waals surface area contributed by atoms with E-state index in [0.29, 0.717) is 12.0 Å². The molecule has 0 atom stereocenters. The summed E-state index contributed by atoms with van der Waals surface area (Å²) in [4.78, 5) is 0. The summed E-state index contributed by atoms with van der Waals surface area (Å²) in [5, 5.41) is 8.80. The SMILES string of the molecule is N#Cc1cccc(CCCCCCCCCC(F)(F)F)c1. The second kappa shape index (κ2) is 9.44. The van der Waals surface area contributed by atoms with Crippen LogP contribution in [-0.2, 0) is 6.42 Å². The molecule has 0 bridgehead atoms. The van der Waals surface area contributed by atoms with Crippen molar-refractivity contribution in [3.05, 3.63) is 35.4 Å². The van der Waals surface area contributed by atoms with E-state index in [4.69, 9.17) is 5.26 Å². The van der Waals surface area contributed by atoms with Crippen LogP contribution in [0.4, 0.5) is 13.2 Å². The fourth-order valence-corrected chi connectivity index (χ4v) is 2.33. The van der Waals surface area contributed by atoms with Crippen molar-refractivity contribution in [2.45, 2.75) is 64.0 Å². The van der Waals surface area contributed by atoms with Crippen LogP contribution in [0.2, 0.25) is 0 Å². The van der Waals surface area contributed by atoms with Gasteiger partial charge in [-0.2, -0.15) is 18.4 Å². The molecular formula is C17H22F3N. The zero-order valence-electron chi connectivity index (χ0n) is 12.3. The van der Waals surface area contributed by atoms with Crippen LogP contribution in [0.15, 0.2) is 24.3 Å². The Kier molecular flexibility index (Phi) is 7.89. The predicted molar refractivity (Wildman–Crippen MR) is 77.9 cm³/mol. The highest BCUT2D eigenvalue weighted by Crippen LogP contribution is 2.23. The lowest BCUT2D eigenvalue weighted by Crippen LogP contribution is -2.06. The van der Waals surface area contributed by atoms with Crippen LogP contribution in [0, 0.1) is 11.3 Å².